The number of β-amino-alcohol motifs (C(OH)–C–C–N with tert-alkyl or cyclic N) is 1. The Balaban J connectivity index is 1.79. The van der Waals surface area contributed by atoms with Crippen LogP contribution >= 0.6 is 0 Å². The molecule has 0 unspecified atom stereocenters. The molecule has 2 aromatic rings. The number of amides is 1. The molecule has 1 N–H and O–H groups in total. The van der Waals surface area contributed by atoms with E-state index in [4.69, 9.17) is 0 Å². The zero-order chi connectivity index (χ0) is 17.6. The van der Waals surface area contributed by atoms with Crippen molar-refractivity contribution in [1.82, 2.24) is 9.80 Å². The number of likely N-dealkylation sites (tertiary alicyclic amines) is 1. The molecule has 2 aromatic carbocycles. The van der Waals surface area contributed by atoms with Crippen LogP contribution in [-0.2, 0) is 6.42 Å². The van der Waals surface area contributed by atoms with E-state index in [1.54, 1.807) is 0 Å². The Labute approximate surface area is 149 Å². The van der Waals surface area contributed by atoms with E-state index in [9.17, 15) is 9.90 Å². The van der Waals surface area contributed by atoms with Crippen molar-refractivity contribution in [2.24, 2.45) is 0 Å². The summed E-state index contributed by atoms with van der Waals surface area (Å²) >= 11 is 0. The predicted molar refractivity (Wildman–Crippen MR) is 99.5 cm³/mol. The maximum Gasteiger partial charge on any atom is 0.254 e. The minimum absolute atomic E-state index is 0.00136. The van der Waals surface area contributed by atoms with Crippen molar-refractivity contribution < 1.29 is 9.90 Å². The van der Waals surface area contributed by atoms with Gasteiger partial charge in [-0.15, -0.1) is 0 Å². The third-order valence-electron chi connectivity index (χ3n) is 4.95. The Morgan fingerprint density at radius 1 is 1.08 bits per heavy atom. The molecule has 0 aliphatic carbocycles. The molecule has 3 rings (SSSR count). The van der Waals surface area contributed by atoms with Crippen LogP contribution in [0.5, 0.6) is 0 Å². The van der Waals surface area contributed by atoms with E-state index in [1.165, 1.54) is 5.56 Å². The number of benzene rings is 2. The van der Waals surface area contributed by atoms with Gasteiger partial charge in [0.2, 0.25) is 0 Å². The minimum atomic E-state index is -0.497. The monoisotopic (exact) mass is 338 g/mol. The van der Waals surface area contributed by atoms with Gasteiger partial charge >= 0.3 is 0 Å². The molecule has 1 aliphatic rings. The summed E-state index contributed by atoms with van der Waals surface area (Å²) in [5.74, 6) is -0.00136. The molecule has 0 spiro atoms. The van der Waals surface area contributed by atoms with Gasteiger partial charge < -0.3 is 10.0 Å². The van der Waals surface area contributed by atoms with E-state index in [1.807, 2.05) is 53.4 Å². The van der Waals surface area contributed by atoms with Crippen molar-refractivity contribution in [3.63, 3.8) is 0 Å². The van der Waals surface area contributed by atoms with Crippen LogP contribution < -0.4 is 0 Å². The fourth-order valence-corrected chi connectivity index (χ4v) is 3.47. The van der Waals surface area contributed by atoms with E-state index in [-0.39, 0.29) is 11.9 Å². The molecule has 1 heterocycles. The number of likely N-dealkylation sites (N-methyl/N-ethyl adjacent to an activating group) is 1. The maximum atomic E-state index is 13.1. The third kappa shape index (κ3) is 4.27. The molecule has 4 nitrogen and oxygen atoms in total. The van der Waals surface area contributed by atoms with Gasteiger partial charge in [-0.2, -0.15) is 0 Å². The molecule has 132 valence electrons. The molecule has 0 aromatic heterocycles. The average Bonchev–Trinajstić information content (AvgIpc) is 3.04. The largest absolute Gasteiger partial charge is 0.390 e. The fraction of sp³-hybridized carbons (Fsp3) is 0.381. The normalized spacial score (nSPS) is 20.6. The van der Waals surface area contributed by atoms with Gasteiger partial charge in [0, 0.05) is 25.2 Å². The lowest BCUT2D eigenvalue weighted by molar-refractivity contribution is 0.0507. The van der Waals surface area contributed by atoms with Gasteiger partial charge in [-0.25, -0.2) is 0 Å². The Hall–Kier alpha value is -2.17. The highest BCUT2D eigenvalue weighted by molar-refractivity contribution is 5.94. The number of hydrogen-bond acceptors (Lipinski definition) is 3. The summed E-state index contributed by atoms with van der Waals surface area (Å²) in [6.07, 6.45) is 0.290. The van der Waals surface area contributed by atoms with Crippen LogP contribution in [0.2, 0.25) is 0 Å². The van der Waals surface area contributed by atoms with Crippen molar-refractivity contribution in [3.05, 3.63) is 71.8 Å². The first-order chi connectivity index (χ1) is 12.2. The molecule has 2 atom stereocenters. The second kappa shape index (κ2) is 8.28. The lowest BCUT2D eigenvalue weighted by atomic mass is 10.1. The molecule has 1 fully saturated rings. The number of carbonyl (C=O) groups is 1. The van der Waals surface area contributed by atoms with Crippen LogP contribution in [0.3, 0.4) is 0 Å². The van der Waals surface area contributed by atoms with E-state index < -0.39 is 6.10 Å². The molecule has 1 amide bonds. The highest BCUT2D eigenvalue weighted by Crippen LogP contribution is 2.19. The molecule has 0 radical (unpaired) electrons. The number of carbonyl (C=O) groups excluding carboxylic acids is 1. The van der Waals surface area contributed by atoms with E-state index in [0.717, 1.165) is 19.5 Å². The van der Waals surface area contributed by atoms with Gasteiger partial charge in [-0.3, -0.25) is 9.69 Å². The summed E-state index contributed by atoms with van der Waals surface area (Å²) in [5, 5.41) is 10.5. The van der Waals surface area contributed by atoms with Gasteiger partial charge in [0.15, 0.2) is 0 Å². The number of aliphatic hydroxyl groups excluding tert-OH is 1. The lowest BCUT2D eigenvalue weighted by Crippen LogP contribution is -2.47. The summed E-state index contributed by atoms with van der Waals surface area (Å²) in [4.78, 5) is 17.2. The van der Waals surface area contributed by atoms with E-state index >= 15 is 0 Å². The predicted octanol–water partition coefficient (Wildman–Crippen LogP) is 2.44. The SMILES string of the molecule is CCN1C[C@H](O)[C@@H](N(CCc2ccccc2)C(=O)c2ccccc2)C1. The number of rotatable bonds is 6. The van der Waals surface area contributed by atoms with Crippen molar-refractivity contribution in [2.45, 2.75) is 25.5 Å². The zero-order valence-corrected chi connectivity index (χ0v) is 14.7. The summed E-state index contributed by atoms with van der Waals surface area (Å²) in [6, 6.07) is 19.4. The van der Waals surface area contributed by atoms with Crippen LogP contribution in [0.15, 0.2) is 60.7 Å². The second-order valence-corrected chi connectivity index (χ2v) is 6.59. The van der Waals surface area contributed by atoms with Gasteiger partial charge in [0.05, 0.1) is 12.1 Å². The first-order valence-corrected chi connectivity index (χ1v) is 8.99. The van der Waals surface area contributed by atoms with Gasteiger partial charge in [-0.05, 0) is 30.7 Å². The zero-order valence-electron chi connectivity index (χ0n) is 14.7. The smallest absolute Gasteiger partial charge is 0.254 e. The summed E-state index contributed by atoms with van der Waals surface area (Å²) < 4.78 is 0. The Morgan fingerprint density at radius 3 is 2.32 bits per heavy atom. The summed E-state index contributed by atoms with van der Waals surface area (Å²) in [6.45, 7) is 4.94. The number of hydrogen-bond donors (Lipinski definition) is 1. The van der Waals surface area contributed by atoms with Crippen molar-refractivity contribution in [3.8, 4) is 0 Å². The maximum absolute atomic E-state index is 13.1. The fourth-order valence-electron chi connectivity index (χ4n) is 3.47. The van der Waals surface area contributed by atoms with Crippen LogP contribution in [0, 0.1) is 0 Å². The molecule has 4 heteroatoms. The van der Waals surface area contributed by atoms with Gasteiger partial charge in [0.1, 0.15) is 0 Å². The summed E-state index contributed by atoms with van der Waals surface area (Å²) in [7, 11) is 0. The van der Waals surface area contributed by atoms with Gasteiger partial charge in [-0.1, -0.05) is 55.5 Å². The first-order valence-electron chi connectivity index (χ1n) is 8.99. The number of nitrogens with zero attached hydrogens (tertiary/aromatic N) is 2. The first kappa shape index (κ1) is 17.6. The highest BCUT2D eigenvalue weighted by atomic mass is 16.3. The molecular formula is C21H26N2O2. The Bertz CT molecular complexity index is 675. The molecule has 0 bridgehead atoms. The van der Waals surface area contributed by atoms with Gasteiger partial charge in [0.25, 0.3) is 5.91 Å². The van der Waals surface area contributed by atoms with Crippen LogP contribution in [0.4, 0.5) is 0 Å². The topological polar surface area (TPSA) is 43.8 Å². The van der Waals surface area contributed by atoms with E-state index in [2.05, 4.69) is 24.0 Å². The molecular weight excluding hydrogens is 312 g/mol. The van der Waals surface area contributed by atoms with Crippen LogP contribution in [-0.4, -0.2) is 59.1 Å². The van der Waals surface area contributed by atoms with Crippen LogP contribution in [0.25, 0.3) is 0 Å². The molecule has 25 heavy (non-hydrogen) atoms. The van der Waals surface area contributed by atoms with Crippen molar-refractivity contribution in [1.29, 1.82) is 0 Å². The average molecular weight is 338 g/mol. The third-order valence-corrected chi connectivity index (χ3v) is 4.95. The van der Waals surface area contributed by atoms with Crippen molar-refractivity contribution >= 4 is 5.91 Å². The van der Waals surface area contributed by atoms with E-state index in [0.29, 0.717) is 18.7 Å². The Kier molecular flexibility index (Phi) is 5.84. The molecule has 0 saturated carbocycles. The highest BCUT2D eigenvalue weighted by Gasteiger charge is 2.37. The minimum Gasteiger partial charge on any atom is -0.390 e. The molecule has 1 saturated heterocycles. The van der Waals surface area contributed by atoms with Crippen molar-refractivity contribution in [2.75, 3.05) is 26.2 Å². The lowest BCUT2D eigenvalue weighted by Gasteiger charge is -2.31. The Morgan fingerprint density at radius 2 is 1.72 bits per heavy atom. The van der Waals surface area contributed by atoms with Crippen LogP contribution in [0.1, 0.15) is 22.8 Å². The summed E-state index contributed by atoms with van der Waals surface area (Å²) in [5.41, 5.74) is 1.88. The quantitative estimate of drug-likeness (QED) is 0.880. The standard InChI is InChI=1S/C21H26N2O2/c1-2-22-15-19(20(24)16-22)23(14-13-17-9-5-3-6-10-17)21(25)18-11-7-4-8-12-18/h3-12,19-20,24H,2,13-16H2,1H3/t19-,20-/m0/s1. The molecule has 1 aliphatic heterocycles. The number of aliphatic hydroxyl groups is 1. The second-order valence-electron chi connectivity index (χ2n) is 6.59.